The van der Waals surface area contributed by atoms with E-state index < -0.39 is 0 Å². The smallest absolute Gasteiger partial charge is 0.264 e. The zero-order valence-corrected chi connectivity index (χ0v) is 12.3. The zero-order valence-electron chi connectivity index (χ0n) is 11.5. The Morgan fingerprint density at radius 1 is 1.09 bits per heavy atom. The predicted molar refractivity (Wildman–Crippen MR) is 88.4 cm³/mol. The third-order valence-corrected chi connectivity index (χ3v) is 3.89. The molecule has 0 bridgehead atoms. The van der Waals surface area contributed by atoms with Gasteiger partial charge in [-0.05, 0) is 47.7 Å². The third-order valence-electron chi connectivity index (χ3n) is 2.98. The Morgan fingerprint density at radius 3 is 2.50 bits per heavy atom. The van der Waals surface area contributed by atoms with Gasteiger partial charge in [-0.3, -0.25) is 4.79 Å². The first-order chi connectivity index (χ1) is 10.7. The summed E-state index contributed by atoms with van der Waals surface area (Å²) in [6.45, 7) is 0. The number of nitriles is 1. The van der Waals surface area contributed by atoms with Crippen molar-refractivity contribution in [1.82, 2.24) is 5.32 Å². The third kappa shape index (κ3) is 3.25. The lowest BCUT2D eigenvalue weighted by Crippen LogP contribution is -2.19. The molecule has 0 radical (unpaired) electrons. The highest BCUT2D eigenvalue weighted by Crippen LogP contribution is 2.27. The molecule has 1 heterocycles. The van der Waals surface area contributed by atoms with Gasteiger partial charge in [-0.15, -0.1) is 0 Å². The van der Waals surface area contributed by atoms with Crippen LogP contribution in [-0.4, -0.2) is 11.1 Å². The fraction of sp³-hybridized carbons (Fsp3) is 0. The second kappa shape index (κ2) is 6.29. The lowest BCUT2D eigenvalue weighted by atomic mass is 10.1. The Balaban J connectivity index is 1.81. The average Bonchev–Trinajstić information content (AvgIpc) is 2.88. The van der Waals surface area contributed by atoms with Crippen molar-refractivity contribution in [2.24, 2.45) is 4.99 Å². The first-order valence-electron chi connectivity index (χ1n) is 6.59. The minimum Gasteiger partial charge on any atom is -0.300 e. The lowest BCUT2D eigenvalue weighted by molar-refractivity contribution is -0.115. The van der Waals surface area contributed by atoms with Crippen molar-refractivity contribution >= 4 is 34.6 Å². The number of benzene rings is 2. The van der Waals surface area contributed by atoms with Crippen LogP contribution in [0.25, 0.3) is 6.08 Å². The molecule has 0 unspecified atom stereocenters. The van der Waals surface area contributed by atoms with Gasteiger partial charge in [0.2, 0.25) is 0 Å². The number of amidine groups is 1. The molecule has 1 aliphatic rings. The zero-order chi connectivity index (χ0) is 15.4. The first-order valence-corrected chi connectivity index (χ1v) is 7.41. The molecule has 1 fully saturated rings. The van der Waals surface area contributed by atoms with Crippen molar-refractivity contribution in [3.05, 3.63) is 70.6 Å². The topological polar surface area (TPSA) is 65.2 Å². The van der Waals surface area contributed by atoms with E-state index in [2.05, 4.69) is 16.4 Å². The van der Waals surface area contributed by atoms with Gasteiger partial charge in [0.25, 0.3) is 5.91 Å². The van der Waals surface area contributed by atoms with Crippen molar-refractivity contribution in [3.63, 3.8) is 0 Å². The van der Waals surface area contributed by atoms with E-state index in [4.69, 9.17) is 5.26 Å². The van der Waals surface area contributed by atoms with Gasteiger partial charge in [0.1, 0.15) is 0 Å². The van der Waals surface area contributed by atoms with E-state index in [1.54, 1.807) is 18.2 Å². The van der Waals surface area contributed by atoms with E-state index in [1.165, 1.54) is 11.8 Å². The van der Waals surface area contributed by atoms with Gasteiger partial charge in [-0.25, -0.2) is 4.99 Å². The summed E-state index contributed by atoms with van der Waals surface area (Å²) in [6, 6.07) is 18.6. The van der Waals surface area contributed by atoms with Crippen LogP contribution in [0.15, 0.2) is 64.5 Å². The van der Waals surface area contributed by atoms with Gasteiger partial charge < -0.3 is 5.32 Å². The van der Waals surface area contributed by atoms with Crippen LogP contribution in [0.5, 0.6) is 0 Å². The maximum atomic E-state index is 12.0. The summed E-state index contributed by atoms with van der Waals surface area (Å²) in [5.41, 5.74) is 2.26. The summed E-state index contributed by atoms with van der Waals surface area (Å²) in [6.07, 6.45) is 1.79. The van der Waals surface area contributed by atoms with Gasteiger partial charge in [0.15, 0.2) is 5.17 Å². The number of carbonyl (C=O) groups excluding carboxylic acids is 1. The molecule has 0 aromatic heterocycles. The second-order valence-corrected chi connectivity index (χ2v) is 5.58. The number of rotatable bonds is 2. The quantitative estimate of drug-likeness (QED) is 0.864. The molecule has 0 aliphatic carbocycles. The number of hydrogen-bond donors (Lipinski definition) is 1. The Kier molecular flexibility index (Phi) is 4.03. The van der Waals surface area contributed by atoms with Crippen molar-refractivity contribution < 1.29 is 4.79 Å². The SMILES string of the molecule is N#Cc1ccc(C=C2SC(=Nc3ccccc3)NC2=O)cc1. The molecule has 4 nitrogen and oxygen atoms in total. The monoisotopic (exact) mass is 305 g/mol. The average molecular weight is 305 g/mol. The van der Waals surface area contributed by atoms with Crippen LogP contribution in [0.2, 0.25) is 0 Å². The van der Waals surface area contributed by atoms with E-state index in [1.807, 2.05) is 42.5 Å². The highest BCUT2D eigenvalue weighted by atomic mass is 32.2. The van der Waals surface area contributed by atoms with E-state index in [0.29, 0.717) is 15.6 Å². The minimum absolute atomic E-state index is 0.163. The molecular formula is C17H11N3OS. The molecule has 1 aliphatic heterocycles. The predicted octanol–water partition coefficient (Wildman–Crippen LogP) is 3.45. The summed E-state index contributed by atoms with van der Waals surface area (Å²) in [5, 5.41) is 12.1. The number of amides is 1. The van der Waals surface area contributed by atoms with Crippen molar-refractivity contribution in [3.8, 4) is 6.07 Å². The van der Waals surface area contributed by atoms with Crippen LogP contribution in [0.4, 0.5) is 5.69 Å². The van der Waals surface area contributed by atoms with Crippen LogP contribution in [0.1, 0.15) is 11.1 Å². The summed E-state index contributed by atoms with van der Waals surface area (Å²) in [4.78, 5) is 16.9. The summed E-state index contributed by atoms with van der Waals surface area (Å²) in [7, 11) is 0. The van der Waals surface area contributed by atoms with Gasteiger partial charge in [-0.1, -0.05) is 30.3 Å². The van der Waals surface area contributed by atoms with Gasteiger partial charge in [-0.2, -0.15) is 5.26 Å². The Labute approximate surface area is 132 Å². The number of para-hydroxylation sites is 1. The lowest BCUT2D eigenvalue weighted by Gasteiger charge is -1.95. The van der Waals surface area contributed by atoms with Crippen molar-refractivity contribution in [2.45, 2.75) is 0 Å². The standard InChI is InChI=1S/C17H11N3OS/c18-11-13-8-6-12(7-9-13)10-15-16(21)20-17(22-15)19-14-4-2-1-3-5-14/h1-10H,(H,19,20,21). The number of nitrogens with one attached hydrogen (secondary N) is 1. The molecule has 106 valence electrons. The van der Waals surface area contributed by atoms with Crippen LogP contribution < -0.4 is 5.32 Å². The molecule has 0 spiro atoms. The highest BCUT2D eigenvalue weighted by molar-refractivity contribution is 8.18. The van der Waals surface area contributed by atoms with Crippen LogP contribution in [0.3, 0.4) is 0 Å². The number of nitrogens with zero attached hydrogens (tertiary/aromatic N) is 2. The Bertz CT molecular complexity index is 802. The number of carbonyl (C=O) groups is 1. The van der Waals surface area contributed by atoms with Gasteiger partial charge in [0.05, 0.1) is 22.2 Å². The maximum Gasteiger partial charge on any atom is 0.264 e. The summed E-state index contributed by atoms with van der Waals surface area (Å²) >= 11 is 1.30. The fourth-order valence-electron chi connectivity index (χ4n) is 1.91. The molecule has 1 saturated heterocycles. The largest absolute Gasteiger partial charge is 0.300 e. The van der Waals surface area contributed by atoms with Crippen LogP contribution in [-0.2, 0) is 4.79 Å². The van der Waals surface area contributed by atoms with E-state index in [0.717, 1.165) is 11.3 Å². The van der Waals surface area contributed by atoms with E-state index >= 15 is 0 Å². The highest BCUT2D eigenvalue weighted by Gasteiger charge is 2.23. The van der Waals surface area contributed by atoms with Crippen LogP contribution in [0, 0.1) is 11.3 Å². The van der Waals surface area contributed by atoms with Gasteiger partial charge in [0, 0.05) is 0 Å². The maximum absolute atomic E-state index is 12.0. The van der Waals surface area contributed by atoms with Crippen molar-refractivity contribution in [2.75, 3.05) is 0 Å². The first kappa shape index (κ1) is 14.1. The van der Waals surface area contributed by atoms with Gasteiger partial charge >= 0.3 is 0 Å². The molecule has 0 saturated carbocycles. The summed E-state index contributed by atoms with van der Waals surface area (Å²) in [5.74, 6) is -0.163. The molecule has 2 aromatic rings. The Morgan fingerprint density at radius 2 is 1.82 bits per heavy atom. The van der Waals surface area contributed by atoms with Crippen LogP contribution >= 0.6 is 11.8 Å². The Hall–Kier alpha value is -2.84. The normalized spacial score (nSPS) is 17.5. The minimum atomic E-state index is -0.163. The van der Waals surface area contributed by atoms with Crippen molar-refractivity contribution in [1.29, 1.82) is 5.26 Å². The fourth-order valence-corrected chi connectivity index (χ4v) is 2.75. The molecule has 1 amide bonds. The molecule has 22 heavy (non-hydrogen) atoms. The summed E-state index contributed by atoms with van der Waals surface area (Å²) < 4.78 is 0. The molecule has 2 aromatic carbocycles. The second-order valence-electron chi connectivity index (χ2n) is 4.55. The van der Waals surface area contributed by atoms with E-state index in [-0.39, 0.29) is 5.91 Å². The van der Waals surface area contributed by atoms with E-state index in [9.17, 15) is 4.79 Å². The number of hydrogen-bond acceptors (Lipinski definition) is 4. The molecule has 1 N–H and O–H groups in total. The molecular weight excluding hydrogens is 294 g/mol. The number of aliphatic imine (C=N–C) groups is 1. The molecule has 5 heteroatoms. The number of thioether (sulfide) groups is 1. The molecule has 0 atom stereocenters. The molecule has 3 rings (SSSR count).